The second kappa shape index (κ2) is 5.39. The number of amides is 1. The lowest BCUT2D eigenvalue weighted by molar-refractivity contribution is -0.119. The molecule has 1 aliphatic rings. The van der Waals surface area contributed by atoms with Gasteiger partial charge in [0.15, 0.2) is 0 Å². The molecule has 0 saturated carbocycles. The Bertz CT molecular complexity index is 339. The first-order valence-electron chi connectivity index (χ1n) is 4.66. The van der Waals surface area contributed by atoms with Gasteiger partial charge in [-0.3, -0.25) is 10.1 Å². The number of hydrogen-bond acceptors (Lipinski definition) is 5. The quantitative estimate of drug-likeness (QED) is 0.831. The number of halogens is 1. The van der Waals surface area contributed by atoms with Gasteiger partial charge in [0.1, 0.15) is 5.01 Å². The maximum atomic E-state index is 11.5. The van der Waals surface area contributed by atoms with E-state index in [0.717, 1.165) is 24.4 Å². The van der Waals surface area contributed by atoms with E-state index in [4.69, 9.17) is 0 Å². The smallest absolute Gasteiger partial charge is 0.243 e. The molecule has 0 bridgehead atoms. The number of rotatable bonds is 3. The molecule has 1 aromatic rings. The van der Waals surface area contributed by atoms with Crippen LogP contribution in [0.2, 0.25) is 0 Å². The zero-order valence-corrected chi connectivity index (χ0v) is 9.95. The average Bonchev–Trinajstić information content (AvgIpc) is 2.48. The lowest BCUT2D eigenvalue weighted by Crippen LogP contribution is -2.50. The van der Waals surface area contributed by atoms with Crippen LogP contribution in [-0.2, 0) is 11.2 Å². The van der Waals surface area contributed by atoms with Gasteiger partial charge in [0, 0.05) is 0 Å². The van der Waals surface area contributed by atoms with Crippen molar-refractivity contribution >= 4 is 34.8 Å². The van der Waals surface area contributed by atoms with E-state index in [0.29, 0.717) is 5.13 Å². The highest BCUT2D eigenvalue weighted by molar-refractivity contribution is 7.15. The summed E-state index contributed by atoms with van der Waals surface area (Å²) in [6, 6.07) is -0.0380. The molecule has 7 heteroatoms. The number of anilines is 1. The van der Waals surface area contributed by atoms with Gasteiger partial charge in [-0.05, 0) is 19.4 Å². The second-order valence-electron chi connectivity index (χ2n) is 3.14. The van der Waals surface area contributed by atoms with Crippen LogP contribution in [0.5, 0.6) is 0 Å². The number of carbonyl (C=O) groups is 1. The minimum Gasteiger partial charge on any atom is -0.306 e. The Labute approximate surface area is 98.1 Å². The first-order chi connectivity index (χ1) is 6.79. The van der Waals surface area contributed by atoms with Gasteiger partial charge < -0.3 is 5.32 Å². The van der Waals surface area contributed by atoms with E-state index in [1.54, 1.807) is 0 Å². The van der Waals surface area contributed by atoms with Crippen molar-refractivity contribution in [3.8, 4) is 0 Å². The first-order valence-corrected chi connectivity index (χ1v) is 5.48. The zero-order chi connectivity index (χ0) is 9.97. The summed E-state index contributed by atoms with van der Waals surface area (Å²) in [5, 5.41) is 15.1. The Morgan fingerprint density at radius 3 is 2.87 bits per heavy atom. The molecule has 1 saturated heterocycles. The van der Waals surface area contributed by atoms with Gasteiger partial charge in [0.25, 0.3) is 0 Å². The number of nitrogens with zero attached hydrogens (tertiary/aromatic N) is 2. The highest BCUT2D eigenvalue weighted by atomic mass is 35.5. The highest BCUT2D eigenvalue weighted by Gasteiger charge is 2.25. The lowest BCUT2D eigenvalue weighted by Gasteiger charge is -2.25. The SMILES string of the molecule is CCc1nnc(NC(=O)[C@H]2CCN2)s1.Cl. The van der Waals surface area contributed by atoms with Crippen molar-refractivity contribution in [2.24, 2.45) is 0 Å². The molecular weight excluding hydrogens is 236 g/mol. The molecule has 5 nitrogen and oxygen atoms in total. The van der Waals surface area contributed by atoms with Crippen LogP contribution in [0.1, 0.15) is 18.4 Å². The summed E-state index contributed by atoms with van der Waals surface area (Å²) in [7, 11) is 0. The molecule has 2 heterocycles. The van der Waals surface area contributed by atoms with E-state index in [-0.39, 0.29) is 24.4 Å². The van der Waals surface area contributed by atoms with Crippen LogP contribution in [0.15, 0.2) is 0 Å². The third-order valence-corrected chi connectivity index (χ3v) is 3.12. The normalized spacial score (nSPS) is 18.9. The van der Waals surface area contributed by atoms with Crippen LogP contribution >= 0.6 is 23.7 Å². The minimum atomic E-state index is -0.0380. The van der Waals surface area contributed by atoms with Gasteiger partial charge in [-0.2, -0.15) is 0 Å². The van der Waals surface area contributed by atoms with E-state index in [1.165, 1.54) is 11.3 Å². The molecule has 0 unspecified atom stereocenters. The van der Waals surface area contributed by atoms with Crippen molar-refractivity contribution < 1.29 is 4.79 Å². The molecule has 1 aromatic heterocycles. The summed E-state index contributed by atoms with van der Waals surface area (Å²) in [6.45, 7) is 2.94. The van der Waals surface area contributed by atoms with Crippen LogP contribution in [0.4, 0.5) is 5.13 Å². The second-order valence-corrected chi connectivity index (χ2v) is 4.20. The Balaban J connectivity index is 0.00000112. The maximum absolute atomic E-state index is 11.5. The topological polar surface area (TPSA) is 66.9 Å². The molecule has 0 aliphatic carbocycles. The van der Waals surface area contributed by atoms with E-state index in [2.05, 4.69) is 20.8 Å². The van der Waals surface area contributed by atoms with E-state index in [9.17, 15) is 4.79 Å². The summed E-state index contributed by atoms with van der Waals surface area (Å²) in [5.41, 5.74) is 0. The predicted octanol–water partition coefficient (Wildman–Crippen LogP) is 0.823. The maximum Gasteiger partial charge on any atom is 0.243 e. The third kappa shape index (κ3) is 2.87. The van der Waals surface area contributed by atoms with Crippen LogP contribution in [0.25, 0.3) is 0 Å². The van der Waals surface area contributed by atoms with Gasteiger partial charge >= 0.3 is 0 Å². The molecular formula is C8H13ClN4OS. The molecule has 0 radical (unpaired) electrons. The van der Waals surface area contributed by atoms with Crippen molar-refractivity contribution in [3.63, 3.8) is 0 Å². The summed E-state index contributed by atoms with van der Waals surface area (Å²) in [4.78, 5) is 11.5. The van der Waals surface area contributed by atoms with Gasteiger partial charge in [0.05, 0.1) is 6.04 Å². The Hall–Kier alpha value is -0.720. The molecule has 2 N–H and O–H groups in total. The van der Waals surface area contributed by atoms with Crippen LogP contribution < -0.4 is 10.6 Å². The highest BCUT2D eigenvalue weighted by Crippen LogP contribution is 2.16. The van der Waals surface area contributed by atoms with Gasteiger partial charge in [-0.1, -0.05) is 18.3 Å². The number of carbonyl (C=O) groups excluding carboxylic acids is 1. The fraction of sp³-hybridized carbons (Fsp3) is 0.625. The molecule has 0 spiro atoms. The predicted molar refractivity (Wildman–Crippen MR) is 61.6 cm³/mol. The first kappa shape index (κ1) is 12.4. The van der Waals surface area contributed by atoms with Crippen LogP contribution in [0, 0.1) is 0 Å². The standard InChI is InChI=1S/C8H12N4OS.ClH/c1-2-6-11-12-8(14-6)10-7(13)5-3-4-9-5;/h5,9H,2-4H2,1H3,(H,10,12,13);1H/t5-;/m1./s1. The number of aryl methyl sites for hydroxylation is 1. The van der Waals surface area contributed by atoms with Crippen molar-refractivity contribution in [2.75, 3.05) is 11.9 Å². The van der Waals surface area contributed by atoms with Gasteiger partial charge in [0.2, 0.25) is 11.0 Å². The zero-order valence-electron chi connectivity index (χ0n) is 8.32. The molecule has 84 valence electrons. The van der Waals surface area contributed by atoms with Crippen LogP contribution in [-0.4, -0.2) is 28.7 Å². The third-order valence-electron chi connectivity index (χ3n) is 2.14. The molecule has 1 atom stereocenters. The average molecular weight is 249 g/mol. The molecule has 2 rings (SSSR count). The molecule has 0 aromatic carbocycles. The largest absolute Gasteiger partial charge is 0.306 e. The van der Waals surface area contributed by atoms with Gasteiger partial charge in [-0.15, -0.1) is 22.6 Å². The summed E-state index contributed by atoms with van der Waals surface area (Å²) in [6.07, 6.45) is 1.76. The Kier molecular flexibility index (Phi) is 4.44. The van der Waals surface area contributed by atoms with E-state index >= 15 is 0 Å². The Morgan fingerprint density at radius 2 is 2.40 bits per heavy atom. The van der Waals surface area contributed by atoms with Crippen molar-refractivity contribution in [3.05, 3.63) is 5.01 Å². The summed E-state index contributed by atoms with van der Waals surface area (Å²) in [5.74, 6) is -0.00458. The monoisotopic (exact) mass is 248 g/mol. The van der Waals surface area contributed by atoms with E-state index in [1.807, 2.05) is 6.92 Å². The molecule has 15 heavy (non-hydrogen) atoms. The van der Waals surface area contributed by atoms with Crippen molar-refractivity contribution in [1.29, 1.82) is 0 Å². The molecule has 1 amide bonds. The van der Waals surface area contributed by atoms with Crippen molar-refractivity contribution in [2.45, 2.75) is 25.8 Å². The number of aromatic nitrogens is 2. The fourth-order valence-corrected chi connectivity index (χ4v) is 1.83. The van der Waals surface area contributed by atoms with Gasteiger partial charge in [-0.25, -0.2) is 0 Å². The number of hydrogen-bond donors (Lipinski definition) is 2. The fourth-order valence-electron chi connectivity index (χ4n) is 1.15. The Morgan fingerprint density at radius 1 is 1.67 bits per heavy atom. The summed E-state index contributed by atoms with van der Waals surface area (Å²) >= 11 is 1.43. The molecule has 1 fully saturated rings. The van der Waals surface area contributed by atoms with E-state index < -0.39 is 0 Å². The molecule has 1 aliphatic heterocycles. The van der Waals surface area contributed by atoms with Crippen LogP contribution in [0.3, 0.4) is 0 Å². The summed E-state index contributed by atoms with van der Waals surface area (Å²) < 4.78 is 0. The lowest BCUT2D eigenvalue weighted by atomic mass is 10.1. The van der Waals surface area contributed by atoms with Crippen molar-refractivity contribution in [1.82, 2.24) is 15.5 Å². The number of nitrogens with one attached hydrogen (secondary N) is 2. The minimum absolute atomic E-state index is 0.